The van der Waals surface area contributed by atoms with Crippen LogP contribution >= 0.6 is 12.2 Å². The van der Waals surface area contributed by atoms with Crippen molar-refractivity contribution in [1.29, 1.82) is 0 Å². The Morgan fingerprint density at radius 2 is 1.88 bits per heavy atom. The monoisotopic (exact) mass is 340 g/mol. The van der Waals surface area contributed by atoms with Gasteiger partial charge in [-0.25, -0.2) is 5.10 Å². The molecule has 0 atom stereocenters. The summed E-state index contributed by atoms with van der Waals surface area (Å²) >= 11 is 5.28. The summed E-state index contributed by atoms with van der Waals surface area (Å²) in [5, 5.41) is 11.5. The predicted molar refractivity (Wildman–Crippen MR) is 98.0 cm³/mol. The molecule has 0 amide bonds. The molecule has 0 aliphatic heterocycles. The maximum Gasteiger partial charge on any atom is 0.216 e. The standard InChI is InChI=1S/C18H20N4OS/c1-12-5-10-15(23-12)11-19-22-16(20-21-17(22)24)13-6-8-14(9-7-13)18(2,3)4/h5-11H,1-4H3,(H,21,24)/b19-11+. The first-order valence-electron chi connectivity index (χ1n) is 7.74. The molecule has 0 aliphatic rings. The van der Waals surface area contributed by atoms with E-state index in [1.54, 1.807) is 10.9 Å². The molecule has 0 saturated heterocycles. The van der Waals surface area contributed by atoms with E-state index in [4.69, 9.17) is 16.6 Å². The first-order chi connectivity index (χ1) is 11.3. The van der Waals surface area contributed by atoms with Crippen molar-refractivity contribution in [3.8, 4) is 11.4 Å². The van der Waals surface area contributed by atoms with Gasteiger partial charge < -0.3 is 4.42 Å². The number of rotatable bonds is 3. The van der Waals surface area contributed by atoms with Crippen LogP contribution in [0.3, 0.4) is 0 Å². The van der Waals surface area contributed by atoms with Crippen LogP contribution in [0.1, 0.15) is 37.9 Å². The molecule has 0 aliphatic carbocycles. The molecule has 2 aromatic heterocycles. The van der Waals surface area contributed by atoms with Crippen molar-refractivity contribution in [1.82, 2.24) is 14.9 Å². The highest BCUT2D eigenvalue weighted by molar-refractivity contribution is 7.71. The normalized spacial score (nSPS) is 12.2. The van der Waals surface area contributed by atoms with Crippen LogP contribution in [0, 0.1) is 11.7 Å². The molecule has 3 rings (SSSR count). The molecule has 0 radical (unpaired) electrons. The van der Waals surface area contributed by atoms with E-state index >= 15 is 0 Å². The molecule has 0 saturated carbocycles. The van der Waals surface area contributed by atoms with Gasteiger partial charge in [0.15, 0.2) is 5.82 Å². The van der Waals surface area contributed by atoms with Gasteiger partial charge in [-0.3, -0.25) is 0 Å². The van der Waals surface area contributed by atoms with E-state index in [1.807, 2.05) is 31.2 Å². The zero-order chi connectivity index (χ0) is 17.3. The maximum absolute atomic E-state index is 5.49. The molecular weight excluding hydrogens is 320 g/mol. The van der Waals surface area contributed by atoms with E-state index in [9.17, 15) is 0 Å². The Balaban J connectivity index is 1.95. The van der Waals surface area contributed by atoms with Gasteiger partial charge in [0.2, 0.25) is 4.77 Å². The lowest BCUT2D eigenvalue weighted by Gasteiger charge is -2.18. The summed E-state index contributed by atoms with van der Waals surface area (Å²) in [6.07, 6.45) is 1.63. The third-order valence-corrected chi connectivity index (χ3v) is 3.99. The number of hydrogen-bond donors (Lipinski definition) is 1. The van der Waals surface area contributed by atoms with E-state index in [-0.39, 0.29) is 5.41 Å². The van der Waals surface area contributed by atoms with Gasteiger partial charge in [-0.15, -0.1) is 0 Å². The Bertz CT molecular complexity index is 923. The Kier molecular flexibility index (Phi) is 4.24. The molecule has 0 unspecified atom stereocenters. The average molecular weight is 340 g/mol. The first-order valence-corrected chi connectivity index (χ1v) is 8.14. The summed E-state index contributed by atoms with van der Waals surface area (Å²) in [7, 11) is 0. The first kappa shape index (κ1) is 16.4. The number of benzene rings is 1. The number of aryl methyl sites for hydroxylation is 1. The van der Waals surface area contributed by atoms with Gasteiger partial charge in [-0.05, 0) is 42.3 Å². The lowest BCUT2D eigenvalue weighted by molar-refractivity contribution is 0.527. The summed E-state index contributed by atoms with van der Waals surface area (Å²) in [4.78, 5) is 0. The van der Waals surface area contributed by atoms with Crippen molar-refractivity contribution in [2.24, 2.45) is 5.10 Å². The van der Waals surface area contributed by atoms with Crippen LogP contribution in [0.15, 0.2) is 45.9 Å². The van der Waals surface area contributed by atoms with Crippen LogP contribution in [0.2, 0.25) is 0 Å². The number of H-pyrrole nitrogens is 1. The van der Waals surface area contributed by atoms with Gasteiger partial charge in [0.1, 0.15) is 11.5 Å². The maximum atomic E-state index is 5.49. The Labute approximate surface area is 146 Å². The van der Waals surface area contributed by atoms with Crippen molar-refractivity contribution in [3.63, 3.8) is 0 Å². The van der Waals surface area contributed by atoms with Crippen molar-refractivity contribution >= 4 is 18.4 Å². The quantitative estimate of drug-likeness (QED) is 0.556. The highest BCUT2D eigenvalue weighted by Gasteiger charge is 2.14. The Morgan fingerprint density at radius 3 is 2.46 bits per heavy atom. The topological polar surface area (TPSA) is 59.1 Å². The SMILES string of the molecule is Cc1ccc(/C=N/n2c(-c3ccc(C(C)(C)C)cc3)n[nH]c2=S)o1. The zero-order valence-electron chi connectivity index (χ0n) is 14.2. The van der Waals surface area contributed by atoms with Gasteiger partial charge in [-0.1, -0.05) is 45.0 Å². The minimum absolute atomic E-state index is 0.110. The van der Waals surface area contributed by atoms with Crippen molar-refractivity contribution in [2.75, 3.05) is 0 Å². The van der Waals surface area contributed by atoms with E-state index in [2.05, 4.69) is 48.2 Å². The zero-order valence-corrected chi connectivity index (χ0v) is 15.0. The van der Waals surface area contributed by atoms with Crippen LogP contribution in [0.5, 0.6) is 0 Å². The fourth-order valence-corrected chi connectivity index (χ4v) is 2.52. The molecular formula is C18H20N4OS. The summed E-state index contributed by atoms with van der Waals surface area (Å²) in [6, 6.07) is 12.0. The molecule has 0 spiro atoms. The fourth-order valence-electron chi connectivity index (χ4n) is 2.34. The summed E-state index contributed by atoms with van der Waals surface area (Å²) < 4.78 is 7.52. The van der Waals surface area contributed by atoms with Crippen molar-refractivity contribution < 1.29 is 4.42 Å². The second-order valence-electron chi connectivity index (χ2n) is 6.68. The lowest BCUT2D eigenvalue weighted by atomic mass is 9.87. The average Bonchev–Trinajstić information content (AvgIpc) is 3.10. The second-order valence-corrected chi connectivity index (χ2v) is 7.07. The van der Waals surface area contributed by atoms with Crippen molar-refractivity contribution in [2.45, 2.75) is 33.1 Å². The van der Waals surface area contributed by atoms with Crippen LogP contribution in [0.4, 0.5) is 0 Å². The number of nitrogens with one attached hydrogen (secondary N) is 1. The number of hydrogen-bond acceptors (Lipinski definition) is 4. The summed E-state index contributed by atoms with van der Waals surface area (Å²) in [5.41, 5.74) is 2.32. The van der Waals surface area contributed by atoms with Gasteiger partial charge in [0.25, 0.3) is 0 Å². The van der Waals surface area contributed by atoms with E-state index < -0.39 is 0 Å². The third-order valence-electron chi connectivity index (χ3n) is 3.72. The van der Waals surface area contributed by atoms with Crippen LogP contribution in [-0.2, 0) is 5.41 Å². The Hall–Kier alpha value is -2.47. The van der Waals surface area contributed by atoms with E-state index in [0.29, 0.717) is 16.4 Å². The van der Waals surface area contributed by atoms with Crippen LogP contribution in [-0.4, -0.2) is 21.1 Å². The van der Waals surface area contributed by atoms with Gasteiger partial charge >= 0.3 is 0 Å². The minimum atomic E-state index is 0.110. The molecule has 24 heavy (non-hydrogen) atoms. The molecule has 124 valence electrons. The minimum Gasteiger partial charge on any atom is -0.460 e. The highest BCUT2D eigenvalue weighted by Crippen LogP contribution is 2.25. The smallest absolute Gasteiger partial charge is 0.216 e. The van der Waals surface area contributed by atoms with Gasteiger partial charge in [0.05, 0.1) is 6.21 Å². The fraction of sp³-hybridized carbons (Fsp3) is 0.278. The highest BCUT2D eigenvalue weighted by atomic mass is 32.1. The van der Waals surface area contributed by atoms with E-state index in [1.165, 1.54) is 5.56 Å². The van der Waals surface area contributed by atoms with Crippen LogP contribution in [0.25, 0.3) is 11.4 Å². The lowest BCUT2D eigenvalue weighted by Crippen LogP contribution is -2.10. The molecule has 0 fully saturated rings. The summed E-state index contributed by atoms with van der Waals surface area (Å²) in [6.45, 7) is 8.46. The summed E-state index contributed by atoms with van der Waals surface area (Å²) in [5.74, 6) is 2.18. The van der Waals surface area contributed by atoms with E-state index in [0.717, 1.165) is 11.3 Å². The molecule has 2 heterocycles. The van der Waals surface area contributed by atoms with Crippen LogP contribution < -0.4 is 0 Å². The predicted octanol–water partition coefficient (Wildman–Crippen LogP) is 4.69. The number of aromatic nitrogens is 3. The molecule has 1 N–H and O–H groups in total. The molecule has 5 nitrogen and oxygen atoms in total. The second kappa shape index (κ2) is 6.20. The third kappa shape index (κ3) is 3.38. The molecule has 0 bridgehead atoms. The Morgan fingerprint density at radius 1 is 1.17 bits per heavy atom. The molecule has 1 aromatic carbocycles. The molecule has 6 heteroatoms. The number of furan rings is 1. The van der Waals surface area contributed by atoms with Gasteiger partial charge in [-0.2, -0.15) is 14.9 Å². The van der Waals surface area contributed by atoms with Gasteiger partial charge in [0, 0.05) is 5.56 Å². The number of nitrogens with zero attached hydrogens (tertiary/aromatic N) is 3. The largest absolute Gasteiger partial charge is 0.460 e. The number of aromatic amines is 1. The molecule has 3 aromatic rings. The van der Waals surface area contributed by atoms with Crippen molar-refractivity contribution in [3.05, 3.63) is 58.3 Å².